The summed E-state index contributed by atoms with van der Waals surface area (Å²) in [4.78, 5) is 2.34. The summed E-state index contributed by atoms with van der Waals surface area (Å²) in [6, 6.07) is 0. The lowest BCUT2D eigenvalue weighted by Gasteiger charge is -2.22. The van der Waals surface area contributed by atoms with Crippen molar-refractivity contribution in [3.8, 4) is 0 Å². The van der Waals surface area contributed by atoms with E-state index in [1.807, 2.05) is 0 Å². The molecule has 80 valence electrons. The Bertz CT molecular complexity index is 198. The van der Waals surface area contributed by atoms with Gasteiger partial charge in [0.1, 0.15) is 0 Å². The SMILES string of the molecule is CCCC(=N)N1C[C@H]2CCCC[C@H]2C1. The van der Waals surface area contributed by atoms with E-state index in [1.54, 1.807) is 0 Å². The molecule has 1 aliphatic heterocycles. The Balaban J connectivity index is 1.89. The highest BCUT2D eigenvalue weighted by atomic mass is 15.2. The predicted molar refractivity (Wildman–Crippen MR) is 59.7 cm³/mol. The van der Waals surface area contributed by atoms with Crippen LogP contribution in [-0.4, -0.2) is 23.8 Å². The lowest BCUT2D eigenvalue weighted by molar-refractivity contribution is 0.299. The predicted octanol–water partition coefficient (Wildman–Crippen LogP) is 2.89. The zero-order valence-corrected chi connectivity index (χ0v) is 9.26. The monoisotopic (exact) mass is 194 g/mol. The highest BCUT2D eigenvalue weighted by Gasteiger charge is 2.34. The Kier molecular flexibility index (Phi) is 3.09. The van der Waals surface area contributed by atoms with Crippen LogP contribution in [0.2, 0.25) is 0 Å². The number of hydrogen-bond acceptors (Lipinski definition) is 1. The molecule has 1 saturated heterocycles. The third kappa shape index (κ3) is 1.94. The summed E-state index contributed by atoms with van der Waals surface area (Å²) in [6.45, 7) is 4.53. The van der Waals surface area contributed by atoms with E-state index in [2.05, 4.69) is 11.8 Å². The molecule has 0 aromatic rings. The molecule has 1 aliphatic carbocycles. The van der Waals surface area contributed by atoms with Gasteiger partial charge in [0, 0.05) is 19.5 Å². The molecule has 14 heavy (non-hydrogen) atoms. The van der Waals surface area contributed by atoms with Gasteiger partial charge in [0.25, 0.3) is 0 Å². The van der Waals surface area contributed by atoms with Crippen LogP contribution in [0.25, 0.3) is 0 Å². The van der Waals surface area contributed by atoms with Gasteiger partial charge in [0.15, 0.2) is 0 Å². The summed E-state index contributed by atoms with van der Waals surface area (Å²) < 4.78 is 0. The van der Waals surface area contributed by atoms with E-state index in [1.165, 1.54) is 38.8 Å². The summed E-state index contributed by atoms with van der Waals surface area (Å²) >= 11 is 0. The fourth-order valence-corrected chi connectivity index (χ4v) is 3.02. The summed E-state index contributed by atoms with van der Waals surface area (Å²) in [6.07, 6.45) is 7.78. The van der Waals surface area contributed by atoms with Crippen molar-refractivity contribution in [1.82, 2.24) is 4.90 Å². The normalized spacial score (nSPS) is 31.6. The maximum atomic E-state index is 7.96. The van der Waals surface area contributed by atoms with Gasteiger partial charge in [-0.3, -0.25) is 5.41 Å². The molecule has 2 fully saturated rings. The molecule has 2 atom stereocenters. The molecule has 0 aromatic carbocycles. The second kappa shape index (κ2) is 4.33. The Morgan fingerprint density at radius 3 is 2.29 bits per heavy atom. The molecule has 1 heterocycles. The standard InChI is InChI=1S/C12H22N2/c1-2-5-12(13)14-8-10-6-3-4-7-11(10)9-14/h10-11,13H,2-9H2,1H3/t10-,11+. The van der Waals surface area contributed by atoms with Crippen LogP contribution in [-0.2, 0) is 0 Å². The third-order valence-corrected chi connectivity index (χ3v) is 3.84. The molecule has 2 nitrogen and oxygen atoms in total. The summed E-state index contributed by atoms with van der Waals surface area (Å²) in [5, 5.41) is 7.96. The molecule has 0 unspecified atom stereocenters. The number of nitrogens with zero attached hydrogens (tertiary/aromatic N) is 1. The molecule has 0 amide bonds. The largest absolute Gasteiger partial charge is 0.360 e. The van der Waals surface area contributed by atoms with Crippen molar-refractivity contribution in [3.05, 3.63) is 0 Å². The first kappa shape index (κ1) is 10.0. The first-order chi connectivity index (χ1) is 6.81. The molecule has 0 aromatic heterocycles. The van der Waals surface area contributed by atoms with Crippen molar-refractivity contribution in [2.75, 3.05) is 13.1 Å². The second-order valence-electron chi connectivity index (χ2n) is 4.91. The minimum absolute atomic E-state index is 0.891. The molecule has 0 bridgehead atoms. The van der Waals surface area contributed by atoms with Gasteiger partial charge < -0.3 is 4.90 Å². The van der Waals surface area contributed by atoms with Gasteiger partial charge in [0.05, 0.1) is 5.84 Å². The van der Waals surface area contributed by atoms with Gasteiger partial charge in [-0.1, -0.05) is 19.8 Å². The highest BCUT2D eigenvalue weighted by molar-refractivity contribution is 5.79. The highest BCUT2D eigenvalue weighted by Crippen LogP contribution is 2.36. The van der Waals surface area contributed by atoms with Crippen LogP contribution in [0.3, 0.4) is 0 Å². The van der Waals surface area contributed by atoms with Crippen LogP contribution in [0.5, 0.6) is 0 Å². The van der Waals surface area contributed by atoms with E-state index in [0.717, 1.165) is 30.5 Å². The third-order valence-electron chi connectivity index (χ3n) is 3.84. The first-order valence-electron chi connectivity index (χ1n) is 6.13. The number of hydrogen-bond donors (Lipinski definition) is 1. The fourth-order valence-electron chi connectivity index (χ4n) is 3.02. The maximum Gasteiger partial charge on any atom is 0.0957 e. The van der Waals surface area contributed by atoms with E-state index < -0.39 is 0 Å². The van der Waals surface area contributed by atoms with Crippen LogP contribution < -0.4 is 0 Å². The smallest absolute Gasteiger partial charge is 0.0957 e. The number of likely N-dealkylation sites (tertiary alicyclic amines) is 1. The van der Waals surface area contributed by atoms with Crippen molar-refractivity contribution >= 4 is 5.84 Å². The van der Waals surface area contributed by atoms with Gasteiger partial charge >= 0.3 is 0 Å². The Morgan fingerprint density at radius 2 is 1.79 bits per heavy atom. The van der Waals surface area contributed by atoms with E-state index in [4.69, 9.17) is 5.41 Å². The number of nitrogens with one attached hydrogen (secondary N) is 1. The minimum atomic E-state index is 0.891. The topological polar surface area (TPSA) is 27.1 Å². The van der Waals surface area contributed by atoms with Crippen LogP contribution >= 0.6 is 0 Å². The van der Waals surface area contributed by atoms with Crippen LogP contribution in [0.4, 0.5) is 0 Å². The van der Waals surface area contributed by atoms with Crippen molar-refractivity contribution in [1.29, 1.82) is 5.41 Å². The van der Waals surface area contributed by atoms with Gasteiger partial charge in [0.2, 0.25) is 0 Å². The van der Waals surface area contributed by atoms with Gasteiger partial charge in [-0.15, -0.1) is 0 Å². The number of rotatable bonds is 2. The fraction of sp³-hybridized carbons (Fsp3) is 0.917. The molecular formula is C12H22N2. The van der Waals surface area contributed by atoms with Crippen LogP contribution in [0.1, 0.15) is 45.4 Å². The molecule has 1 N–H and O–H groups in total. The van der Waals surface area contributed by atoms with Crippen molar-refractivity contribution in [3.63, 3.8) is 0 Å². The Hall–Kier alpha value is -0.530. The summed E-state index contributed by atoms with van der Waals surface area (Å²) in [7, 11) is 0. The molecule has 1 saturated carbocycles. The average Bonchev–Trinajstić information content (AvgIpc) is 2.61. The van der Waals surface area contributed by atoms with Crippen molar-refractivity contribution in [2.24, 2.45) is 11.8 Å². The van der Waals surface area contributed by atoms with Crippen molar-refractivity contribution in [2.45, 2.75) is 45.4 Å². The molecule has 2 heteroatoms. The molecule has 0 spiro atoms. The average molecular weight is 194 g/mol. The lowest BCUT2D eigenvalue weighted by atomic mass is 9.82. The zero-order chi connectivity index (χ0) is 9.97. The molecule has 0 radical (unpaired) electrons. The van der Waals surface area contributed by atoms with E-state index in [0.29, 0.717) is 0 Å². The molecule has 2 rings (SSSR count). The Morgan fingerprint density at radius 1 is 1.21 bits per heavy atom. The number of fused-ring (bicyclic) bond motifs is 1. The maximum absolute atomic E-state index is 7.96. The summed E-state index contributed by atoms with van der Waals surface area (Å²) in [5.74, 6) is 2.73. The first-order valence-corrected chi connectivity index (χ1v) is 6.13. The lowest BCUT2D eigenvalue weighted by Crippen LogP contribution is -2.27. The molecule has 2 aliphatic rings. The zero-order valence-electron chi connectivity index (χ0n) is 9.26. The number of amidine groups is 1. The van der Waals surface area contributed by atoms with Crippen molar-refractivity contribution < 1.29 is 0 Å². The minimum Gasteiger partial charge on any atom is -0.360 e. The molecular weight excluding hydrogens is 172 g/mol. The van der Waals surface area contributed by atoms with E-state index in [9.17, 15) is 0 Å². The Labute approximate surface area is 87.2 Å². The van der Waals surface area contributed by atoms with E-state index >= 15 is 0 Å². The van der Waals surface area contributed by atoms with Gasteiger partial charge in [-0.2, -0.15) is 0 Å². The van der Waals surface area contributed by atoms with Gasteiger partial charge in [-0.05, 0) is 31.1 Å². The van der Waals surface area contributed by atoms with Crippen LogP contribution in [0.15, 0.2) is 0 Å². The second-order valence-corrected chi connectivity index (χ2v) is 4.91. The van der Waals surface area contributed by atoms with Crippen LogP contribution in [0, 0.1) is 17.2 Å². The van der Waals surface area contributed by atoms with Gasteiger partial charge in [-0.25, -0.2) is 0 Å². The summed E-state index contributed by atoms with van der Waals surface area (Å²) in [5.41, 5.74) is 0. The van der Waals surface area contributed by atoms with E-state index in [-0.39, 0.29) is 0 Å². The quantitative estimate of drug-likeness (QED) is 0.531.